The molecule has 0 bridgehead atoms. The first-order valence-corrected chi connectivity index (χ1v) is 8.12. The predicted molar refractivity (Wildman–Crippen MR) is 86.4 cm³/mol. The molecule has 0 saturated carbocycles. The number of benzene rings is 1. The Bertz CT molecular complexity index is 604. The number of likely N-dealkylation sites (tertiary alicyclic amines) is 1. The van der Waals surface area contributed by atoms with Gasteiger partial charge in [-0.2, -0.15) is 0 Å². The number of hydrogen-bond donors (Lipinski definition) is 1. The lowest BCUT2D eigenvalue weighted by molar-refractivity contribution is -0.129. The Morgan fingerprint density at radius 3 is 2.86 bits per heavy atom. The van der Waals surface area contributed by atoms with Gasteiger partial charge in [0.05, 0.1) is 0 Å². The van der Waals surface area contributed by atoms with Gasteiger partial charge in [-0.15, -0.1) is 11.3 Å². The van der Waals surface area contributed by atoms with E-state index in [1.54, 1.807) is 18.3 Å². The van der Waals surface area contributed by atoms with E-state index in [1.165, 1.54) is 0 Å². The normalized spacial score (nSPS) is 16.0. The fraction of sp³-hybridized carbons (Fsp3) is 0.375. The number of thiazole rings is 1. The van der Waals surface area contributed by atoms with Crippen molar-refractivity contribution in [3.8, 4) is 10.6 Å². The van der Waals surface area contributed by atoms with Gasteiger partial charge in [0.25, 0.3) is 0 Å². The number of rotatable bonds is 3. The van der Waals surface area contributed by atoms with Gasteiger partial charge in [-0.05, 0) is 25.0 Å². The second kappa shape index (κ2) is 6.26. The van der Waals surface area contributed by atoms with E-state index < -0.39 is 0 Å². The molecule has 1 N–H and O–H groups in total. The molecule has 1 fully saturated rings. The Balaban J connectivity index is 1.64. The molecule has 1 saturated heterocycles. The quantitative estimate of drug-likeness (QED) is 0.946. The number of piperidine rings is 1. The van der Waals surface area contributed by atoms with Gasteiger partial charge in [-0.1, -0.05) is 12.1 Å². The maximum atomic E-state index is 11.3. The number of nitrogens with one attached hydrogen (secondary N) is 1. The van der Waals surface area contributed by atoms with Crippen LogP contribution in [0, 0.1) is 0 Å². The van der Waals surface area contributed by atoms with E-state index in [0.29, 0.717) is 6.04 Å². The Morgan fingerprint density at radius 1 is 1.38 bits per heavy atom. The number of carbonyl (C=O) groups excluding carboxylic acids is 1. The van der Waals surface area contributed by atoms with Crippen LogP contribution >= 0.6 is 11.3 Å². The van der Waals surface area contributed by atoms with Crippen molar-refractivity contribution in [2.75, 3.05) is 18.4 Å². The molecule has 0 aliphatic carbocycles. The second-order valence-corrected chi connectivity index (χ2v) is 6.24. The van der Waals surface area contributed by atoms with Crippen LogP contribution in [-0.4, -0.2) is 34.9 Å². The smallest absolute Gasteiger partial charge is 0.219 e. The molecule has 4 nitrogen and oxygen atoms in total. The molecule has 2 aromatic rings. The van der Waals surface area contributed by atoms with Crippen LogP contribution in [0.5, 0.6) is 0 Å². The van der Waals surface area contributed by atoms with E-state index >= 15 is 0 Å². The minimum Gasteiger partial charge on any atom is -0.382 e. The highest BCUT2D eigenvalue weighted by molar-refractivity contribution is 7.13. The highest BCUT2D eigenvalue weighted by Crippen LogP contribution is 2.25. The maximum Gasteiger partial charge on any atom is 0.219 e. The van der Waals surface area contributed by atoms with Crippen molar-refractivity contribution in [2.24, 2.45) is 0 Å². The zero-order valence-corrected chi connectivity index (χ0v) is 12.9. The number of hydrogen-bond acceptors (Lipinski definition) is 4. The number of nitrogens with zero attached hydrogens (tertiary/aromatic N) is 2. The van der Waals surface area contributed by atoms with Crippen molar-refractivity contribution in [3.63, 3.8) is 0 Å². The Labute approximate surface area is 128 Å². The van der Waals surface area contributed by atoms with Crippen molar-refractivity contribution >= 4 is 22.9 Å². The van der Waals surface area contributed by atoms with Gasteiger partial charge < -0.3 is 10.2 Å². The summed E-state index contributed by atoms with van der Waals surface area (Å²) in [7, 11) is 0. The molecule has 1 aliphatic rings. The number of aromatic nitrogens is 1. The predicted octanol–water partition coefficient (Wildman–Crippen LogP) is 3.23. The van der Waals surface area contributed by atoms with Crippen LogP contribution in [0.3, 0.4) is 0 Å². The van der Waals surface area contributed by atoms with Crippen LogP contribution in [-0.2, 0) is 4.79 Å². The van der Waals surface area contributed by atoms with Crippen molar-refractivity contribution in [2.45, 2.75) is 25.8 Å². The maximum absolute atomic E-state index is 11.3. The van der Waals surface area contributed by atoms with Gasteiger partial charge in [0.2, 0.25) is 5.91 Å². The van der Waals surface area contributed by atoms with Crippen LogP contribution in [0.25, 0.3) is 10.6 Å². The topological polar surface area (TPSA) is 45.2 Å². The average molecular weight is 301 g/mol. The number of anilines is 1. The van der Waals surface area contributed by atoms with E-state index in [0.717, 1.165) is 42.2 Å². The molecule has 5 heteroatoms. The molecular weight excluding hydrogens is 282 g/mol. The first-order chi connectivity index (χ1) is 10.2. The summed E-state index contributed by atoms with van der Waals surface area (Å²) in [5.41, 5.74) is 2.28. The van der Waals surface area contributed by atoms with Gasteiger partial charge in [0, 0.05) is 48.9 Å². The molecular formula is C16H19N3OS. The molecule has 0 atom stereocenters. The summed E-state index contributed by atoms with van der Waals surface area (Å²) in [6.45, 7) is 3.34. The third kappa shape index (κ3) is 3.42. The molecule has 1 aromatic carbocycles. The summed E-state index contributed by atoms with van der Waals surface area (Å²) < 4.78 is 0. The molecule has 0 unspecified atom stereocenters. The average Bonchev–Trinajstić information content (AvgIpc) is 3.02. The zero-order chi connectivity index (χ0) is 14.7. The Morgan fingerprint density at radius 2 is 2.19 bits per heavy atom. The van der Waals surface area contributed by atoms with E-state index in [1.807, 2.05) is 16.5 Å². The third-order valence-corrected chi connectivity index (χ3v) is 4.68. The van der Waals surface area contributed by atoms with Crippen molar-refractivity contribution < 1.29 is 4.79 Å². The third-order valence-electron chi connectivity index (χ3n) is 3.85. The summed E-state index contributed by atoms with van der Waals surface area (Å²) in [6.07, 6.45) is 3.83. The monoisotopic (exact) mass is 301 g/mol. The summed E-state index contributed by atoms with van der Waals surface area (Å²) in [5.74, 6) is 0.180. The lowest BCUT2D eigenvalue weighted by Gasteiger charge is -2.32. The van der Waals surface area contributed by atoms with Gasteiger partial charge >= 0.3 is 0 Å². The van der Waals surface area contributed by atoms with Crippen LogP contribution in [0.1, 0.15) is 19.8 Å². The number of amides is 1. The molecule has 0 spiro atoms. The van der Waals surface area contributed by atoms with Crippen LogP contribution in [0.4, 0.5) is 5.69 Å². The second-order valence-electron chi connectivity index (χ2n) is 5.34. The first-order valence-electron chi connectivity index (χ1n) is 7.24. The zero-order valence-electron chi connectivity index (χ0n) is 12.1. The van der Waals surface area contributed by atoms with Crippen molar-refractivity contribution in [3.05, 3.63) is 35.8 Å². The molecule has 1 amide bonds. The van der Waals surface area contributed by atoms with E-state index in [9.17, 15) is 4.79 Å². The fourth-order valence-corrected chi connectivity index (χ4v) is 3.32. The van der Waals surface area contributed by atoms with E-state index in [4.69, 9.17) is 0 Å². The largest absolute Gasteiger partial charge is 0.382 e. The highest BCUT2D eigenvalue weighted by atomic mass is 32.1. The molecule has 1 aliphatic heterocycles. The summed E-state index contributed by atoms with van der Waals surface area (Å²) in [4.78, 5) is 17.6. The molecule has 2 heterocycles. The molecule has 110 valence electrons. The van der Waals surface area contributed by atoms with Gasteiger partial charge in [-0.3, -0.25) is 4.79 Å². The SMILES string of the molecule is CC(=O)N1CCC(Nc2cccc(-c3nccs3)c2)CC1. The minimum absolute atomic E-state index is 0.180. The van der Waals surface area contributed by atoms with Gasteiger partial charge in [-0.25, -0.2) is 4.98 Å². The van der Waals surface area contributed by atoms with Crippen molar-refractivity contribution in [1.29, 1.82) is 0 Å². The molecule has 1 aromatic heterocycles. The van der Waals surface area contributed by atoms with Gasteiger partial charge in [0.1, 0.15) is 5.01 Å². The molecule has 21 heavy (non-hydrogen) atoms. The van der Waals surface area contributed by atoms with E-state index in [-0.39, 0.29) is 5.91 Å². The lowest BCUT2D eigenvalue weighted by atomic mass is 10.0. The summed E-state index contributed by atoms with van der Waals surface area (Å²) in [5, 5.41) is 6.62. The number of carbonyl (C=O) groups is 1. The van der Waals surface area contributed by atoms with Crippen LogP contribution < -0.4 is 5.32 Å². The Hall–Kier alpha value is -1.88. The van der Waals surface area contributed by atoms with Crippen LogP contribution in [0.2, 0.25) is 0 Å². The Kier molecular flexibility index (Phi) is 4.20. The summed E-state index contributed by atoms with van der Waals surface area (Å²) >= 11 is 1.65. The standard InChI is InChI=1S/C16H19N3OS/c1-12(20)19-8-5-14(6-9-19)18-15-4-2-3-13(11-15)16-17-7-10-21-16/h2-4,7,10-11,14,18H,5-6,8-9H2,1H3. The highest BCUT2D eigenvalue weighted by Gasteiger charge is 2.20. The first kappa shape index (κ1) is 14.1. The lowest BCUT2D eigenvalue weighted by Crippen LogP contribution is -2.41. The molecule has 0 radical (unpaired) electrons. The van der Waals surface area contributed by atoms with Crippen LogP contribution in [0.15, 0.2) is 35.8 Å². The minimum atomic E-state index is 0.180. The summed E-state index contributed by atoms with van der Waals surface area (Å²) in [6, 6.07) is 8.82. The van der Waals surface area contributed by atoms with Gasteiger partial charge in [0.15, 0.2) is 0 Å². The van der Waals surface area contributed by atoms with Crippen molar-refractivity contribution in [1.82, 2.24) is 9.88 Å². The van der Waals surface area contributed by atoms with E-state index in [2.05, 4.69) is 34.6 Å². The fourth-order valence-electron chi connectivity index (χ4n) is 2.68. The molecule has 3 rings (SSSR count).